The third-order valence-corrected chi connectivity index (χ3v) is 6.55. The van der Waals surface area contributed by atoms with Crippen LogP contribution in [0.4, 0.5) is 11.4 Å². The number of hydrogen-bond acceptors (Lipinski definition) is 5. The molecular weight excluding hydrogens is 400 g/mol. The molecule has 2 aliphatic rings. The normalized spacial score (nSPS) is 19.7. The Morgan fingerprint density at radius 1 is 1.09 bits per heavy atom. The molecule has 1 aromatic heterocycles. The average Bonchev–Trinajstić information content (AvgIpc) is 2.87. The van der Waals surface area contributed by atoms with Crippen molar-refractivity contribution in [3.8, 4) is 5.75 Å². The number of hydrogen-bond donors (Lipinski definition) is 1. The maximum absolute atomic E-state index is 13.4. The first kappa shape index (κ1) is 20.4. The fraction of sp³-hybridized carbons (Fsp3) is 0.308. The van der Waals surface area contributed by atoms with Crippen LogP contribution < -0.4 is 19.9 Å². The van der Waals surface area contributed by atoms with E-state index in [1.165, 1.54) is 16.9 Å². The van der Waals surface area contributed by atoms with Gasteiger partial charge in [-0.3, -0.25) is 9.78 Å². The highest BCUT2D eigenvalue weighted by molar-refractivity contribution is 5.82. The Morgan fingerprint density at radius 3 is 2.72 bits per heavy atom. The fourth-order valence-electron chi connectivity index (χ4n) is 4.89. The summed E-state index contributed by atoms with van der Waals surface area (Å²) in [6, 6.07) is 22.5. The SMILES string of the molecule is COc1ccc2c(c1)N1CCN(c3ccccc3)C[C@H]1[C@H](C(=O)NCc1ccccn1)C2. The Bertz CT molecular complexity index is 1070. The number of benzene rings is 2. The topological polar surface area (TPSA) is 57.7 Å². The van der Waals surface area contributed by atoms with Crippen LogP contribution in [0.5, 0.6) is 5.75 Å². The second-order valence-electron chi connectivity index (χ2n) is 8.39. The molecule has 0 saturated carbocycles. The number of rotatable bonds is 5. The molecule has 6 nitrogen and oxygen atoms in total. The summed E-state index contributed by atoms with van der Waals surface area (Å²) in [7, 11) is 1.70. The Kier molecular flexibility index (Phi) is 5.67. The summed E-state index contributed by atoms with van der Waals surface area (Å²) in [4.78, 5) is 22.5. The van der Waals surface area contributed by atoms with Crippen LogP contribution in [0.25, 0.3) is 0 Å². The summed E-state index contributed by atoms with van der Waals surface area (Å²) in [6.45, 7) is 3.03. The molecule has 0 aliphatic carbocycles. The van der Waals surface area contributed by atoms with Crippen LogP contribution in [0.15, 0.2) is 72.9 Å². The second kappa shape index (κ2) is 8.91. The third kappa shape index (κ3) is 4.00. The Balaban J connectivity index is 1.42. The molecule has 1 saturated heterocycles. The van der Waals surface area contributed by atoms with Crippen LogP contribution in [0, 0.1) is 5.92 Å². The number of aromatic nitrogens is 1. The van der Waals surface area contributed by atoms with Crippen LogP contribution >= 0.6 is 0 Å². The first-order valence-corrected chi connectivity index (χ1v) is 11.1. The number of methoxy groups -OCH3 is 1. The van der Waals surface area contributed by atoms with E-state index >= 15 is 0 Å². The second-order valence-corrected chi connectivity index (χ2v) is 8.39. The molecule has 2 aliphatic heterocycles. The number of amides is 1. The molecule has 6 heteroatoms. The minimum absolute atomic E-state index is 0.0852. The maximum atomic E-state index is 13.4. The summed E-state index contributed by atoms with van der Waals surface area (Å²) in [6.07, 6.45) is 2.48. The van der Waals surface area contributed by atoms with E-state index in [1.807, 2.05) is 30.3 Å². The molecule has 32 heavy (non-hydrogen) atoms. The van der Waals surface area contributed by atoms with Gasteiger partial charge in [0, 0.05) is 43.3 Å². The smallest absolute Gasteiger partial charge is 0.225 e. The number of piperazine rings is 1. The molecule has 0 bridgehead atoms. The van der Waals surface area contributed by atoms with E-state index < -0.39 is 0 Å². The number of para-hydroxylation sites is 1. The van der Waals surface area contributed by atoms with Gasteiger partial charge in [0.1, 0.15) is 5.75 Å². The van der Waals surface area contributed by atoms with E-state index in [0.717, 1.165) is 37.5 Å². The number of anilines is 2. The molecule has 0 unspecified atom stereocenters. The molecule has 164 valence electrons. The number of carbonyl (C=O) groups is 1. The number of carbonyl (C=O) groups excluding carboxylic acids is 1. The minimum Gasteiger partial charge on any atom is -0.497 e. The Hall–Kier alpha value is -3.54. The quantitative estimate of drug-likeness (QED) is 0.676. The highest BCUT2D eigenvalue weighted by Gasteiger charge is 2.41. The van der Waals surface area contributed by atoms with Crippen molar-refractivity contribution in [2.45, 2.75) is 19.0 Å². The van der Waals surface area contributed by atoms with Crippen molar-refractivity contribution in [2.75, 3.05) is 36.5 Å². The zero-order chi connectivity index (χ0) is 21.9. The monoisotopic (exact) mass is 428 g/mol. The molecule has 0 spiro atoms. The summed E-state index contributed by atoms with van der Waals surface area (Å²) in [5.74, 6) is 0.805. The van der Waals surface area contributed by atoms with Crippen LogP contribution in [0.3, 0.4) is 0 Å². The van der Waals surface area contributed by atoms with Crippen molar-refractivity contribution in [3.63, 3.8) is 0 Å². The Morgan fingerprint density at radius 2 is 1.94 bits per heavy atom. The molecular formula is C26H28N4O2. The molecule has 1 N–H and O–H groups in total. The Labute approximate surface area is 188 Å². The molecule has 0 radical (unpaired) electrons. The molecule has 5 rings (SSSR count). The lowest BCUT2D eigenvalue weighted by Crippen LogP contribution is -2.61. The van der Waals surface area contributed by atoms with Gasteiger partial charge >= 0.3 is 0 Å². The van der Waals surface area contributed by atoms with E-state index in [1.54, 1.807) is 13.3 Å². The summed E-state index contributed by atoms with van der Waals surface area (Å²) in [5, 5.41) is 3.14. The lowest BCUT2D eigenvalue weighted by Gasteiger charge is -2.49. The van der Waals surface area contributed by atoms with E-state index in [0.29, 0.717) is 6.54 Å². The highest BCUT2D eigenvalue weighted by Crippen LogP contribution is 2.38. The molecule has 3 heterocycles. The van der Waals surface area contributed by atoms with Crippen molar-refractivity contribution in [3.05, 3.63) is 84.2 Å². The minimum atomic E-state index is -0.133. The van der Waals surface area contributed by atoms with Gasteiger partial charge in [-0.15, -0.1) is 0 Å². The molecule has 1 fully saturated rings. The molecule has 3 aromatic rings. The maximum Gasteiger partial charge on any atom is 0.225 e. The fourth-order valence-corrected chi connectivity index (χ4v) is 4.89. The van der Waals surface area contributed by atoms with E-state index in [-0.39, 0.29) is 17.9 Å². The van der Waals surface area contributed by atoms with Gasteiger partial charge in [-0.1, -0.05) is 30.3 Å². The highest BCUT2D eigenvalue weighted by atomic mass is 16.5. The van der Waals surface area contributed by atoms with Gasteiger partial charge in [0.05, 0.1) is 31.3 Å². The van der Waals surface area contributed by atoms with Gasteiger partial charge in [-0.2, -0.15) is 0 Å². The van der Waals surface area contributed by atoms with E-state index in [4.69, 9.17) is 4.74 Å². The first-order chi connectivity index (χ1) is 15.7. The van der Waals surface area contributed by atoms with Crippen molar-refractivity contribution in [2.24, 2.45) is 5.92 Å². The number of ether oxygens (including phenoxy) is 1. The summed E-state index contributed by atoms with van der Waals surface area (Å²) >= 11 is 0. The van der Waals surface area contributed by atoms with Crippen LogP contribution in [-0.2, 0) is 17.8 Å². The number of fused-ring (bicyclic) bond motifs is 3. The number of pyridine rings is 1. The standard InChI is InChI=1S/C26H28N4O2/c1-32-22-11-10-19-15-23(26(31)28-17-20-7-5-6-12-27-20)25-18-29(21-8-3-2-4-9-21)13-14-30(25)24(19)16-22/h2-12,16,23,25H,13-15,17-18H2,1H3,(H,28,31)/t23-,25+/m1/s1. The van der Waals surface area contributed by atoms with E-state index in [9.17, 15) is 4.79 Å². The lowest BCUT2D eigenvalue weighted by atomic mass is 9.83. The summed E-state index contributed by atoms with van der Waals surface area (Å²) < 4.78 is 5.49. The van der Waals surface area contributed by atoms with Gasteiger partial charge < -0.3 is 19.9 Å². The van der Waals surface area contributed by atoms with Crippen molar-refractivity contribution >= 4 is 17.3 Å². The number of nitrogens with one attached hydrogen (secondary N) is 1. The van der Waals surface area contributed by atoms with Gasteiger partial charge in [-0.05, 0) is 42.3 Å². The van der Waals surface area contributed by atoms with Crippen LogP contribution in [0.2, 0.25) is 0 Å². The molecule has 2 atom stereocenters. The first-order valence-electron chi connectivity index (χ1n) is 11.1. The van der Waals surface area contributed by atoms with Crippen molar-refractivity contribution in [1.29, 1.82) is 0 Å². The number of nitrogens with zero attached hydrogens (tertiary/aromatic N) is 3. The van der Waals surface area contributed by atoms with Crippen LogP contribution in [0.1, 0.15) is 11.3 Å². The van der Waals surface area contributed by atoms with Gasteiger partial charge in [-0.25, -0.2) is 0 Å². The van der Waals surface area contributed by atoms with Gasteiger partial charge in [0.2, 0.25) is 5.91 Å². The summed E-state index contributed by atoms with van der Waals surface area (Å²) in [5.41, 5.74) is 4.47. The van der Waals surface area contributed by atoms with Crippen molar-refractivity contribution < 1.29 is 9.53 Å². The van der Waals surface area contributed by atoms with Gasteiger partial charge in [0.15, 0.2) is 0 Å². The van der Waals surface area contributed by atoms with Gasteiger partial charge in [0.25, 0.3) is 0 Å². The average molecular weight is 429 g/mol. The zero-order valence-electron chi connectivity index (χ0n) is 18.3. The van der Waals surface area contributed by atoms with Crippen molar-refractivity contribution in [1.82, 2.24) is 10.3 Å². The third-order valence-electron chi connectivity index (χ3n) is 6.55. The predicted octanol–water partition coefficient (Wildman–Crippen LogP) is 3.27. The molecule has 2 aromatic carbocycles. The molecule has 1 amide bonds. The van der Waals surface area contributed by atoms with Crippen LogP contribution in [-0.4, -0.2) is 43.7 Å². The largest absolute Gasteiger partial charge is 0.497 e. The van der Waals surface area contributed by atoms with E-state index in [2.05, 4.69) is 56.5 Å². The zero-order valence-corrected chi connectivity index (χ0v) is 18.3. The lowest BCUT2D eigenvalue weighted by molar-refractivity contribution is -0.126. The predicted molar refractivity (Wildman–Crippen MR) is 126 cm³/mol.